The number of morpholine rings is 1. The molecule has 212 valence electrons. The number of hydrogen-bond acceptors (Lipinski definition) is 7. The first-order chi connectivity index (χ1) is 19.0. The minimum Gasteiger partial charge on any atom is -0.494 e. The number of nitrogens with zero attached hydrogens (tertiary/aromatic N) is 2. The van der Waals surface area contributed by atoms with Crippen LogP contribution in [0.25, 0.3) is 0 Å². The van der Waals surface area contributed by atoms with Crippen molar-refractivity contribution in [2.45, 2.75) is 45.3 Å². The molecule has 1 saturated heterocycles. The Kier molecular flexibility index (Phi) is 12.2. The van der Waals surface area contributed by atoms with Gasteiger partial charge in [-0.15, -0.1) is 0 Å². The number of carbonyl (C=O) groups is 3. The minimum absolute atomic E-state index is 0.157. The number of aldehydes is 1. The highest BCUT2D eigenvalue weighted by Gasteiger charge is 2.25. The van der Waals surface area contributed by atoms with Gasteiger partial charge < -0.3 is 29.8 Å². The monoisotopic (exact) mass is 542 g/mol. The predicted molar refractivity (Wildman–Crippen MR) is 147 cm³/mol. The Labute approximate surface area is 229 Å². The molecule has 2 N–H and O–H groups in total. The van der Waals surface area contributed by atoms with Gasteiger partial charge in [0.2, 0.25) is 12.3 Å². The highest BCUT2D eigenvalue weighted by Crippen LogP contribution is 2.25. The van der Waals surface area contributed by atoms with Crippen LogP contribution in [0.2, 0.25) is 0 Å². The molecule has 10 heteroatoms. The second kappa shape index (κ2) is 15.8. The Morgan fingerprint density at radius 3 is 2.74 bits per heavy atom. The summed E-state index contributed by atoms with van der Waals surface area (Å²) in [5.74, 6) is -0.0772. The Morgan fingerprint density at radius 1 is 1.23 bits per heavy atom. The molecule has 2 amide bonds. The lowest BCUT2D eigenvalue weighted by Crippen LogP contribution is -2.45. The first-order valence-corrected chi connectivity index (χ1v) is 13.4. The van der Waals surface area contributed by atoms with E-state index in [1.807, 2.05) is 25.1 Å². The highest BCUT2D eigenvalue weighted by atomic mass is 19.1. The van der Waals surface area contributed by atoms with Gasteiger partial charge in [0.1, 0.15) is 23.9 Å². The molecule has 0 aliphatic carbocycles. The molecule has 1 aliphatic rings. The summed E-state index contributed by atoms with van der Waals surface area (Å²) >= 11 is 0. The van der Waals surface area contributed by atoms with Gasteiger partial charge in [0.15, 0.2) is 0 Å². The smallest absolute Gasteiger partial charge is 0.242 e. The van der Waals surface area contributed by atoms with Crippen LogP contribution < -0.4 is 15.4 Å². The third kappa shape index (κ3) is 9.04. The molecule has 1 atom stereocenters. The molecule has 0 radical (unpaired) electrons. The number of amides is 2. The molecule has 1 heterocycles. The van der Waals surface area contributed by atoms with E-state index in [1.54, 1.807) is 12.1 Å². The zero-order chi connectivity index (χ0) is 28.0. The number of likely N-dealkylation sites (N-methyl/N-ethyl adjacent to an activating group) is 1. The Morgan fingerprint density at radius 2 is 2.03 bits per heavy atom. The molecule has 1 fully saturated rings. The summed E-state index contributed by atoms with van der Waals surface area (Å²) in [5, 5.41) is 5.85. The summed E-state index contributed by atoms with van der Waals surface area (Å²) in [6, 6.07) is 9.60. The van der Waals surface area contributed by atoms with Gasteiger partial charge in [0.05, 0.1) is 19.8 Å². The predicted octanol–water partition coefficient (Wildman–Crippen LogP) is 2.90. The number of rotatable bonds is 16. The van der Waals surface area contributed by atoms with E-state index in [0.29, 0.717) is 24.3 Å². The number of anilines is 1. The first kappa shape index (κ1) is 30.0. The standard InChI is InChI=1S/C29H39FN4O5/c1-22-6-3-7-27(25(22)20-34(21-36)28(8-4-14-35)29(37)31-2)32-19-23-18-24(9-10-26(23)30)39-15-5-11-33-12-16-38-17-13-33/h3,6-7,9-10,14,18,21,28,32H,4-5,8,11-13,15-17,19-20H2,1-2H3,(H,31,37). The number of hydrogen-bond donors (Lipinski definition) is 2. The zero-order valence-corrected chi connectivity index (χ0v) is 22.8. The van der Waals surface area contributed by atoms with Crippen molar-refractivity contribution in [1.29, 1.82) is 0 Å². The Balaban J connectivity index is 1.65. The molecule has 2 aromatic carbocycles. The van der Waals surface area contributed by atoms with Crippen molar-refractivity contribution in [2.24, 2.45) is 0 Å². The molecule has 0 saturated carbocycles. The van der Waals surface area contributed by atoms with Crippen molar-refractivity contribution in [3.63, 3.8) is 0 Å². The van der Waals surface area contributed by atoms with Crippen LogP contribution in [0.3, 0.4) is 0 Å². The average Bonchev–Trinajstić information content (AvgIpc) is 2.96. The second-order valence-corrected chi connectivity index (χ2v) is 9.52. The lowest BCUT2D eigenvalue weighted by molar-refractivity contribution is -0.133. The van der Waals surface area contributed by atoms with E-state index in [9.17, 15) is 18.8 Å². The number of ether oxygens (including phenoxy) is 2. The van der Waals surface area contributed by atoms with Gasteiger partial charge >= 0.3 is 0 Å². The maximum Gasteiger partial charge on any atom is 0.242 e. The third-order valence-electron chi connectivity index (χ3n) is 6.87. The topological polar surface area (TPSA) is 100 Å². The normalized spacial score (nSPS) is 14.3. The van der Waals surface area contributed by atoms with E-state index >= 15 is 0 Å². The number of aryl methyl sites for hydroxylation is 1. The number of benzene rings is 2. The van der Waals surface area contributed by atoms with Gasteiger partial charge in [-0.1, -0.05) is 12.1 Å². The molecular formula is C29H39FN4O5. The summed E-state index contributed by atoms with van der Waals surface area (Å²) in [4.78, 5) is 39.1. The molecular weight excluding hydrogens is 503 g/mol. The fourth-order valence-electron chi connectivity index (χ4n) is 4.59. The third-order valence-corrected chi connectivity index (χ3v) is 6.87. The summed E-state index contributed by atoms with van der Waals surface area (Å²) in [6.45, 7) is 7.14. The fourth-order valence-corrected chi connectivity index (χ4v) is 4.59. The summed E-state index contributed by atoms with van der Waals surface area (Å²) < 4.78 is 25.9. The molecule has 9 nitrogen and oxygen atoms in total. The summed E-state index contributed by atoms with van der Waals surface area (Å²) in [7, 11) is 1.50. The van der Waals surface area contributed by atoms with Gasteiger partial charge in [-0.05, 0) is 55.2 Å². The maximum absolute atomic E-state index is 14.7. The van der Waals surface area contributed by atoms with Crippen LogP contribution in [0.15, 0.2) is 36.4 Å². The highest BCUT2D eigenvalue weighted by molar-refractivity contribution is 5.83. The largest absolute Gasteiger partial charge is 0.494 e. The van der Waals surface area contributed by atoms with E-state index in [2.05, 4.69) is 15.5 Å². The van der Waals surface area contributed by atoms with Gasteiger partial charge in [-0.2, -0.15) is 0 Å². The van der Waals surface area contributed by atoms with Crippen molar-refractivity contribution < 1.29 is 28.2 Å². The Hall–Kier alpha value is -3.50. The van der Waals surface area contributed by atoms with Crippen molar-refractivity contribution in [3.8, 4) is 5.75 Å². The first-order valence-electron chi connectivity index (χ1n) is 13.4. The number of carbonyl (C=O) groups excluding carboxylic acids is 3. The van der Waals surface area contributed by atoms with Crippen LogP contribution in [0.4, 0.5) is 10.1 Å². The molecule has 2 aromatic rings. The van der Waals surface area contributed by atoms with E-state index in [1.165, 1.54) is 18.0 Å². The van der Waals surface area contributed by atoms with Crippen LogP contribution in [-0.4, -0.2) is 80.9 Å². The van der Waals surface area contributed by atoms with Crippen molar-refractivity contribution in [3.05, 3.63) is 58.9 Å². The van der Waals surface area contributed by atoms with E-state index in [0.717, 1.165) is 62.4 Å². The number of nitrogens with one attached hydrogen (secondary N) is 2. The summed E-state index contributed by atoms with van der Waals surface area (Å²) in [6.07, 6.45) is 2.61. The molecule has 0 spiro atoms. The minimum atomic E-state index is -0.778. The summed E-state index contributed by atoms with van der Waals surface area (Å²) in [5.41, 5.74) is 2.90. The Bertz CT molecular complexity index is 1090. The average molecular weight is 543 g/mol. The second-order valence-electron chi connectivity index (χ2n) is 9.52. The van der Waals surface area contributed by atoms with Crippen LogP contribution in [0.1, 0.15) is 36.0 Å². The molecule has 3 rings (SSSR count). The van der Waals surface area contributed by atoms with Crippen molar-refractivity contribution >= 4 is 24.3 Å². The molecule has 39 heavy (non-hydrogen) atoms. The van der Waals surface area contributed by atoms with Gasteiger partial charge in [0.25, 0.3) is 0 Å². The van der Waals surface area contributed by atoms with Crippen LogP contribution in [-0.2, 0) is 32.2 Å². The van der Waals surface area contributed by atoms with Crippen LogP contribution >= 0.6 is 0 Å². The number of halogens is 1. The van der Waals surface area contributed by atoms with Gasteiger partial charge in [0, 0.05) is 57.4 Å². The molecule has 1 aliphatic heterocycles. The lowest BCUT2D eigenvalue weighted by atomic mass is 10.0. The van der Waals surface area contributed by atoms with E-state index in [4.69, 9.17) is 9.47 Å². The van der Waals surface area contributed by atoms with Gasteiger partial charge in [-0.25, -0.2) is 4.39 Å². The van der Waals surface area contributed by atoms with E-state index < -0.39 is 6.04 Å². The van der Waals surface area contributed by atoms with Gasteiger partial charge in [-0.3, -0.25) is 14.5 Å². The van der Waals surface area contributed by atoms with Crippen LogP contribution in [0.5, 0.6) is 5.75 Å². The van der Waals surface area contributed by atoms with Crippen LogP contribution in [0, 0.1) is 12.7 Å². The lowest BCUT2D eigenvalue weighted by Gasteiger charge is -2.28. The quantitative estimate of drug-likeness (QED) is 0.249. The van der Waals surface area contributed by atoms with Crippen molar-refractivity contribution in [2.75, 3.05) is 51.8 Å². The molecule has 0 bridgehead atoms. The molecule has 0 aromatic heterocycles. The van der Waals surface area contributed by atoms with Crippen molar-refractivity contribution in [1.82, 2.24) is 15.1 Å². The molecule has 1 unspecified atom stereocenters. The SMILES string of the molecule is CNC(=O)C(CCC=O)N(C=O)Cc1c(C)cccc1NCc1cc(OCCCN2CCOCC2)ccc1F. The van der Waals surface area contributed by atoms with E-state index in [-0.39, 0.29) is 37.7 Å². The fraction of sp³-hybridized carbons (Fsp3) is 0.483. The maximum atomic E-state index is 14.7. The zero-order valence-electron chi connectivity index (χ0n) is 22.8.